The Morgan fingerprint density at radius 1 is 0.460 bits per heavy atom. The van der Waals surface area contributed by atoms with Crippen molar-refractivity contribution < 1.29 is 0 Å². The van der Waals surface area contributed by atoms with E-state index in [4.69, 9.17) is 19.9 Å². The van der Waals surface area contributed by atoms with E-state index >= 15 is 0 Å². The Kier molecular flexibility index (Phi) is 5.32. The van der Waals surface area contributed by atoms with E-state index in [0.29, 0.717) is 17.8 Å². The number of aromatic nitrogens is 5. The second-order valence-corrected chi connectivity index (χ2v) is 15.9. The molecule has 0 amide bonds. The number of anilines is 1. The lowest BCUT2D eigenvalue weighted by Crippen LogP contribution is -2.63. The molecule has 8 heteroatoms. The molecule has 2 aliphatic carbocycles. The van der Waals surface area contributed by atoms with Gasteiger partial charge in [-0.3, -0.25) is 14.0 Å². The molecule has 4 aromatic carbocycles. The van der Waals surface area contributed by atoms with E-state index in [9.17, 15) is 0 Å². The molecule has 2 saturated carbocycles. The van der Waals surface area contributed by atoms with Gasteiger partial charge in [0, 0.05) is 21.5 Å². The number of aliphatic imine (C=N–C) groups is 1. The van der Waals surface area contributed by atoms with Crippen LogP contribution in [0.5, 0.6) is 0 Å². The van der Waals surface area contributed by atoms with Gasteiger partial charge in [-0.2, -0.15) is 15.0 Å². The number of rotatable bonds is 3. The summed E-state index contributed by atoms with van der Waals surface area (Å²) < 4.78 is 4.45. The van der Waals surface area contributed by atoms with Crippen LogP contribution >= 0.6 is 0 Å². The highest BCUT2D eigenvalue weighted by molar-refractivity contribution is 6.10. The molecule has 0 bridgehead atoms. The fourth-order valence-electron chi connectivity index (χ4n) is 10.7. The minimum Gasteiger partial charge on any atom is -0.327 e. The predicted octanol–water partition coefficient (Wildman–Crippen LogP) is 8.96. The lowest BCUT2D eigenvalue weighted by atomic mass is 9.76. The number of hydrogen-bond acceptors (Lipinski definition) is 6. The van der Waals surface area contributed by atoms with Gasteiger partial charge in [0.15, 0.2) is 0 Å². The molecule has 7 aromatic rings. The maximum absolute atomic E-state index is 5.69. The summed E-state index contributed by atoms with van der Waals surface area (Å²) in [6.45, 7) is 9.75. The summed E-state index contributed by atoms with van der Waals surface area (Å²) in [4.78, 5) is 27.3. The van der Waals surface area contributed by atoms with Crippen molar-refractivity contribution in [2.75, 3.05) is 4.90 Å². The van der Waals surface area contributed by atoms with Gasteiger partial charge in [-0.15, -0.1) is 0 Å². The Bertz CT molecular complexity index is 2380. The van der Waals surface area contributed by atoms with Crippen LogP contribution in [0.4, 0.5) is 5.95 Å². The molecule has 4 aliphatic rings. The van der Waals surface area contributed by atoms with Gasteiger partial charge in [-0.25, -0.2) is 4.99 Å². The van der Waals surface area contributed by atoms with Gasteiger partial charge in [0.1, 0.15) is 0 Å². The molecule has 0 spiro atoms. The van der Waals surface area contributed by atoms with E-state index in [0.717, 1.165) is 60.1 Å². The molecule has 4 atom stereocenters. The van der Waals surface area contributed by atoms with Crippen molar-refractivity contribution in [3.8, 4) is 11.9 Å². The maximum atomic E-state index is 5.69. The van der Waals surface area contributed by atoms with Crippen LogP contribution in [0.15, 0.2) is 102 Å². The number of para-hydroxylation sites is 4. The number of hydrogen-bond donors (Lipinski definition) is 0. The largest absolute Gasteiger partial charge is 0.327 e. The third-order valence-electron chi connectivity index (χ3n) is 13.6. The molecule has 248 valence electrons. The van der Waals surface area contributed by atoms with Crippen molar-refractivity contribution in [2.24, 2.45) is 4.99 Å². The Morgan fingerprint density at radius 3 is 1.36 bits per heavy atom. The van der Waals surface area contributed by atoms with Gasteiger partial charge in [-0.05, 0) is 90.5 Å². The average Bonchev–Trinajstić information content (AvgIpc) is 3.89. The summed E-state index contributed by atoms with van der Waals surface area (Å²) in [7, 11) is 0. The van der Waals surface area contributed by atoms with Gasteiger partial charge in [-0.1, -0.05) is 72.8 Å². The summed E-state index contributed by atoms with van der Waals surface area (Å²) in [5.74, 6) is 2.93. The zero-order valence-corrected chi connectivity index (χ0v) is 29.1. The quantitative estimate of drug-likeness (QED) is 0.190. The van der Waals surface area contributed by atoms with Crippen LogP contribution in [0.25, 0.3) is 55.5 Å². The maximum Gasteiger partial charge on any atom is 0.241 e. The van der Waals surface area contributed by atoms with Crippen molar-refractivity contribution >= 4 is 55.5 Å². The highest BCUT2D eigenvalue weighted by Crippen LogP contribution is 2.63. The van der Waals surface area contributed by atoms with Gasteiger partial charge in [0.05, 0.1) is 44.2 Å². The van der Waals surface area contributed by atoms with Crippen molar-refractivity contribution in [1.29, 1.82) is 0 Å². The fraction of sp³-hybridized carbons (Fsp3) is 0.333. The SMILES string of the molecule is CC12CCCC1(C)N1C(=N2)N(c2nc(-n3c4ccccc4c4ccccc43)nc(-n3c4ccccc4c4ccccc43)n2)C2(C)CCCC12C. The first kappa shape index (κ1) is 28.6. The average molecular weight is 657 g/mol. The molecule has 2 aliphatic heterocycles. The summed E-state index contributed by atoms with van der Waals surface area (Å²) in [6.07, 6.45) is 6.77. The van der Waals surface area contributed by atoms with Gasteiger partial charge < -0.3 is 4.90 Å². The second kappa shape index (κ2) is 9.30. The van der Waals surface area contributed by atoms with E-state index in [1.807, 2.05) is 0 Å². The summed E-state index contributed by atoms with van der Waals surface area (Å²) >= 11 is 0. The Labute approximate surface area is 291 Å². The van der Waals surface area contributed by atoms with Crippen molar-refractivity contribution in [3.05, 3.63) is 97.1 Å². The summed E-state index contributed by atoms with van der Waals surface area (Å²) in [5.41, 5.74) is 3.77. The van der Waals surface area contributed by atoms with E-state index in [1.54, 1.807) is 0 Å². The highest BCUT2D eigenvalue weighted by Gasteiger charge is 2.73. The van der Waals surface area contributed by atoms with Crippen molar-refractivity contribution in [3.63, 3.8) is 0 Å². The molecule has 5 heterocycles. The van der Waals surface area contributed by atoms with Gasteiger partial charge in [0.2, 0.25) is 23.8 Å². The first-order chi connectivity index (χ1) is 24.3. The molecular weight excluding hydrogens is 617 g/mol. The Morgan fingerprint density at radius 2 is 0.860 bits per heavy atom. The van der Waals surface area contributed by atoms with Crippen LogP contribution < -0.4 is 4.90 Å². The van der Waals surface area contributed by atoms with Gasteiger partial charge >= 0.3 is 0 Å². The molecular formula is C42H40N8. The number of benzene rings is 4. The monoisotopic (exact) mass is 656 g/mol. The van der Waals surface area contributed by atoms with Crippen LogP contribution in [-0.4, -0.2) is 57.1 Å². The van der Waals surface area contributed by atoms with Crippen LogP contribution in [0.3, 0.4) is 0 Å². The standard InChI is InChI=1S/C42H40N8/c1-39-23-13-24-40(39,2)50-38(46-39)49(41(3)25-14-26-42(41,50)4)37-44-35(47-31-19-9-5-15-27(31)28-16-6-10-20-32(28)47)43-36(45-37)48-33-21-11-7-17-29(33)30-18-8-12-22-34(30)48/h5-12,15-22H,13-14,23-26H2,1-4H3. The van der Waals surface area contributed by atoms with Crippen molar-refractivity contribution in [2.45, 2.75) is 88.4 Å². The smallest absolute Gasteiger partial charge is 0.241 e. The molecule has 0 N–H and O–H groups in total. The molecule has 11 rings (SSSR count). The lowest BCUT2D eigenvalue weighted by molar-refractivity contribution is 0.0476. The molecule has 1 saturated heterocycles. The zero-order chi connectivity index (χ0) is 33.6. The van der Waals surface area contributed by atoms with E-state index in [2.05, 4.69) is 144 Å². The van der Waals surface area contributed by atoms with E-state index in [-0.39, 0.29) is 22.2 Å². The molecule has 4 unspecified atom stereocenters. The first-order valence-corrected chi connectivity index (χ1v) is 18.2. The van der Waals surface area contributed by atoms with Crippen LogP contribution in [0.1, 0.15) is 66.2 Å². The minimum atomic E-state index is -0.240. The Hall–Kier alpha value is -5.24. The predicted molar refractivity (Wildman–Crippen MR) is 202 cm³/mol. The number of guanidine groups is 1. The molecule has 8 nitrogen and oxygen atoms in total. The third-order valence-corrected chi connectivity index (χ3v) is 13.6. The number of fused-ring (bicyclic) bond motifs is 11. The van der Waals surface area contributed by atoms with Crippen LogP contribution in [0.2, 0.25) is 0 Å². The lowest BCUT2D eigenvalue weighted by Gasteiger charge is -2.49. The second-order valence-electron chi connectivity index (χ2n) is 15.9. The van der Waals surface area contributed by atoms with Crippen LogP contribution in [-0.2, 0) is 0 Å². The fourth-order valence-corrected chi connectivity index (χ4v) is 10.7. The summed E-state index contributed by atoms with van der Waals surface area (Å²) in [6, 6.07) is 34.3. The van der Waals surface area contributed by atoms with Crippen molar-refractivity contribution in [1.82, 2.24) is 29.0 Å². The van der Waals surface area contributed by atoms with Crippen LogP contribution in [0, 0.1) is 0 Å². The highest BCUT2D eigenvalue weighted by atomic mass is 15.6. The normalized spacial score (nSPS) is 28.7. The topological polar surface area (TPSA) is 67.4 Å². The van der Waals surface area contributed by atoms with Gasteiger partial charge in [0.25, 0.3) is 0 Å². The molecule has 50 heavy (non-hydrogen) atoms. The first-order valence-electron chi connectivity index (χ1n) is 18.2. The molecule has 3 fully saturated rings. The number of nitrogens with zero attached hydrogens (tertiary/aromatic N) is 8. The molecule has 3 aromatic heterocycles. The van der Waals surface area contributed by atoms with E-state index in [1.165, 1.54) is 28.0 Å². The van der Waals surface area contributed by atoms with E-state index < -0.39 is 0 Å². The molecule has 0 radical (unpaired) electrons. The third kappa shape index (κ3) is 3.24. The Balaban J connectivity index is 1.25. The zero-order valence-electron chi connectivity index (χ0n) is 29.1. The summed E-state index contributed by atoms with van der Waals surface area (Å²) in [5, 5.41) is 4.72. The minimum absolute atomic E-state index is 0.0458.